The quantitative estimate of drug-likeness (QED) is 0.852. The molecular weight excluding hydrogens is 276 g/mol. The average Bonchev–Trinajstić information content (AvgIpc) is 2.98. The Balaban J connectivity index is 2.10. The van der Waals surface area contributed by atoms with Gasteiger partial charge in [-0.25, -0.2) is 0 Å². The lowest BCUT2D eigenvalue weighted by molar-refractivity contribution is 0.0906. The molecule has 1 amide bonds. The first-order valence-corrected chi connectivity index (χ1v) is 7.78. The van der Waals surface area contributed by atoms with Crippen molar-refractivity contribution in [2.45, 2.75) is 26.8 Å². The Morgan fingerprint density at radius 3 is 2.41 bits per heavy atom. The molecule has 118 valence electrons. The zero-order valence-corrected chi connectivity index (χ0v) is 13.5. The van der Waals surface area contributed by atoms with E-state index in [4.69, 9.17) is 4.42 Å². The summed E-state index contributed by atoms with van der Waals surface area (Å²) in [5.74, 6) is 0.238. The van der Waals surface area contributed by atoms with Gasteiger partial charge in [0, 0.05) is 12.1 Å². The fourth-order valence-corrected chi connectivity index (χ4v) is 2.67. The summed E-state index contributed by atoms with van der Waals surface area (Å²) in [4.78, 5) is 14.6. The lowest BCUT2D eigenvalue weighted by Gasteiger charge is -2.30. The van der Waals surface area contributed by atoms with E-state index in [0.29, 0.717) is 12.3 Å². The smallest absolute Gasteiger partial charge is 0.287 e. The standard InChI is InChI=1S/C18H24N2O2/c1-4-20(5-2)16(15-9-7-6-8-10-15)13-19-18(21)17-14(3)11-12-22-17/h6-12,16H,4-5,13H2,1-3H3,(H,19,21). The summed E-state index contributed by atoms with van der Waals surface area (Å²) in [5, 5.41) is 3.00. The molecule has 1 aromatic heterocycles. The summed E-state index contributed by atoms with van der Waals surface area (Å²) in [6.07, 6.45) is 1.54. The van der Waals surface area contributed by atoms with Crippen LogP contribution in [-0.4, -0.2) is 30.4 Å². The Hall–Kier alpha value is -2.07. The van der Waals surface area contributed by atoms with Crippen molar-refractivity contribution in [1.82, 2.24) is 10.2 Å². The van der Waals surface area contributed by atoms with Gasteiger partial charge in [-0.3, -0.25) is 9.69 Å². The molecule has 0 aliphatic carbocycles. The first-order valence-electron chi connectivity index (χ1n) is 7.78. The third kappa shape index (κ3) is 3.77. The number of furan rings is 1. The highest BCUT2D eigenvalue weighted by molar-refractivity contribution is 5.92. The Morgan fingerprint density at radius 2 is 1.86 bits per heavy atom. The van der Waals surface area contributed by atoms with Crippen LogP contribution in [0.15, 0.2) is 47.1 Å². The molecule has 2 aromatic rings. The lowest BCUT2D eigenvalue weighted by Crippen LogP contribution is -2.38. The molecule has 1 N–H and O–H groups in total. The van der Waals surface area contributed by atoms with Crippen LogP contribution in [0.4, 0.5) is 0 Å². The van der Waals surface area contributed by atoms with Crippen molar-refractivity contribution in [1.29, 1.82) is 0 Å². The van der Waals surface area contributed by atoms with E-state index in [0.717, 1.165) is 18.7 Å². The molecule has 2 rings (SSSR count). The highest BCUT2D eigenvalue weighted by Crippen LogP contribution is 2.20. The summed E-state index contributed by atoms with van der Waals surface area (Å²) >= 11 is 0. The number of carbonyl (C=O) groups is 1. The van der Waals surface area contributed by atoms with Gasteiger partial charge in [-0.1, -0.05) is 44.2 Å². The fraction of sp³-hybridized carbons (Fsp3) is 0.389. The SMILES string of the molecule is CCN(CC)C(CNC(=O)c1occc1C)c1ccccc1. The third-order valence-electron chi connectivity index (χ3n) is 3.96. The van der Waals surface area contributed by atoms with E-state index >= 15 is 0 Å². The number of nitrogens with one attached hydrogen (secondary N) is 1. The van der Waals surface area contributed by atoms with Crippen molar-refractivity contribution in [3.05, 3.63) is 59.5 Å². The van der Waals surface area contributed by atoms with E-state index in [-0.39, 0.29) is 11.9 Å². The number of benzene rings is 1. The van der Waals surface area contributed by atoms with Crippen LogP contribution >= 0.6 is 0 Å². The van der Waals surface area contributed by atoms with Crippen LogP contribution in [0.25, 0.3) is 0 Å². The largest absolute Gasteiger partial charge is 0.459 e. The second-order valence-corrected chi connectivity index (χ2v) is 5.29. The number of hydrogen-bond acceptors (Lipinski definition) is 3. The molecule has 1 atom stereocenters. The maximum Gasteiger partial charge on any atom is 0.287 e. The zero-order valence-electron chi connectivity index (χ0n) is 13.5. The Labute approximate surface area is 132 Å². The van der Waals surface area contributed by atoms with Gasteiger partial charge in [0.05, 0.1) is 12.3 Å². The van der Waals surface area contributed by atoms with Crippen molar-refractivity contribution in [3.63, 3.8) is 0 Å². The van der Waals surface area contributed by atoms with E-state index in [1.807, 2.05) is 25.1 Å². The summed E-state index contributed by atoms with van der Waals surface area (Å²) in [5.41, 5.74) is 2.07. The van der Waals surface area contributed by atoms with Crippen LogP contribution in [0, 0.1) is 6.92 Å². The van der Waals surface area contributed by atoms with E-state index in [2.05, 4.69) is 36.2 Å². The summed E-state index contributed by atoms with van der Waals surface area (Å²) < 4.78 is 5.25. The lowest BCUT2D eigenvalue weighted by atomic mass is 10.0. The van der Waals surface area contributed by atoms with Crippen LogP contribution in [-0.2, 0) is 0 Å². The molecule has 1 aromatic carbocycles. The van der Waals surface area contributed by atoms with Crippen molar-refractivity contribution in [2.24, 2.45) is 0 Å². The summed E-state index contributed by atoms with van der Waals surface area (Å²) in [6, 6.07) is 12.2. The predicted octanol–water partition coefficient (Wildman–Crippen LogP) is 3.40. The van der Waals surface area contributed by atoms with Crippen LogP contribution in [0.5, 0.6) is 0 Å². The first kappa shape index (κ1) is 16.3. The Kier molecular flexibility index (Phi) is 5.78. The Bertz CT molecular complexity index is 588. The van der Waals surface area contributed by atoms with E-state index in [9.17, 15) is 4.79 Å². The third-order valence-corrected chi connectivity index (χ3v) is 3.96. The predicted molar refractivity (Wildman–Crippen MR) is 87.9 cm³/mol. The minimum absolute atomic E-state index is 0.157. The van der Waals surface area contributed by atoms with Crippen LogP contribution in [0.3, 0.4) is 0 Å². The molecule has 0 aliphatic heterocycles. The van der Waals surface area contributed by atoms with Gasteiger partial charge in [0.25, 0.3) is 5.91 Å². The molecule has 0 aliphatic rings. The minimum atomic E-state index is -0.157. The minimum Gasteiger partial charge on any atom is -0.459 e. The summed E-state index contributed by atoms with van der Waals surface area (Å²) in [6.45, 7) is 8.58. The number of likely N-dealkylation sites (N-methyl/N-ethyl adjacent to an activating group) is 1. The van der Waals surface area contributed by atoms with Gasteiger partial charge in [0.2, 0.25) is 0 Å². The molecular formula is C18H24N2O2. The first-order chi connectivity index (χ1) is 10.7. The molecule has 0 bridgehead atoms. The average molecular weight is 300 g/mol. The van der Waals surface area contributed by atoms with Crippen LogP contribution in [0.2, 0.25) is 0 Å². The van der Waals surface area contributed by atoms with E-state index < -0.39 is 0 Å². The highest BCUT2D eigenvalue weighted by atomic mass is 16.3. The maximum atomic E-state index is 12.2. The van der Waals surface area contributed by atoms with Crippen molar-refractivity contribution in [2.75, 3.05) is 19.6 Å². The molecule has 0 radical (unpaired) electrons. The van der Waals surface area contributed by atoms with Gasteiger partial charge in [-0.15, -0.1) is 0 Å². The normalized spacial score (nSPS) is 12.4. The van der Waals surface area contributed by atoms with Crippen molar-refractivity contribution >= 4 is 5.91 Å². The van der Waals surface area contributed by atoms with Gasteiger partial charge >= 0.3 is 0 Å². The molecule has 4 nitrogen and oxygen atoms in total. The number of amides is 1. The monoisotopic (exact) mass is 300 g/mol. The van der Waals surface area contributed by atoms with Crippen molar-refractivity contribution < 1.29 is 9.21 Å². The second kappa shape index (κ2) is 7.80. The molecule has 0 saturated carbocycles. The van der Waals surface area contributed by atoms with E-state index in [1.54, 1.807) is 12.3 Å². The van der Waals surface area contributed by atoms with Gasteiger partial charge in [-0.2, -0.15) is 0 Å². The van der Waals surface area contributed by atoms with Crippen LogP contribution < -0.4 is 5.32 Å². The van der Waals surface area contributed by atoms with E-state index in [1.165, 1.54) is 5.56 Å². The molecule has 0 spiro atoms. The Morgan fingerprint density at radius 1 is 1.18 bits per heavy atom. The molecule has 0 saturated heterocycles. The maximum absolute atomic E-state index is 12.2. The fourth-order valence-electron chi connectivity index (χ4n) is 2.67. The molecule has 1 unspecified atom stereocenters. The topological polar surface area (TPSA) is 45.5 Å². The second-order valence-electron chi connectivity index (χ2n) is 5.29. The van der Waals surface area contributed by atoms with Crippen LogP contribution in [0.1, 0.15) is 41.6 Å². The summed E-state index contributed by atoms with van der Waals surface area (Å²) in [7, 11) is 0. The van der Waals surface area contributed by atoms with Gasteiger partial charge in [0.1, 0.15) is 0 Å². The van der Waals surface area contributed by atoms with Crippen molar-refractivity contribution in [3.8, 4) is 0 Å². The molecule has 4 heteroatoms. The van der Waals surface area contributed by atoms with Gasteiger partial charge in [0.15, 0.2) is 5.76 Å². The number of aryl methyl sites for hydroxylation is 1. The van der Waals surface area contributed by atoms with Gasteiger partial charge in [-0.05, 0) is 31.6 Å². The number of nitrogens with zero attached hydrogens (tertiary/aromatic N) is 1. The number of hydrogen-bond donors (Lipinski definition) is 1. The highest BCUT2D eigenvalue weighted by Gasteiger charge is 2.20. The number of carbonyl (C=O) groups excluding carboxylic acids is 1. The number of rotatable bonds is 7. The molecule has 1 heterocycles. The zero-order chi connectivity index (χ0) is 15.9. The molecule has 22 heavy (non-hydrogen) atoms. The van der Waals surface area contributed by atoms with Gasteiger partial charge < -0.3 is 9.73 Å². The molecule has 0 fully saturated rings.